The smallest absolute Gasteiger partial charge is 0.409 e. The molecule has 26 heavy (non-hydrogen) atoms. The van der Waals surface area contributed by atoms with E-state index >= 15 is 0 Å². The van der Waals surface area contributed by atoms with E-state index in [1.165, 1.54) is 19.1 Å². The van der Waals surface area contributed by atoms with Gasteiger partial charge in [-0.3, -0.25) is 9.59 Å². The summed E-state index contributed by atoms with van der Waals surface area (Å²) in [4.78, 5) is 35.2. The fourth-order valence-electron chi connectivity index (χ4n) is 2.48. The van der Waals surface area contributed by atoms with Gasteiger partial charge in [0.25, 0.3) is 0 Å². The fourth-order valence-corrected chi connectivity index (χ4v) is 2.48. The third-order valence-corrected chi connectivity index (χ3v) is 3.68. The predicted molar refractivity (Wildman–Crippen MR) is 86.3 cm³/mol. The first-order valence-electron chi connectivity index (χ1n) is 7.77. The zero-order valence-corrected chi connectivity index (χ0v) is 13.8. The van der Waals surface area contributed by atoms with Gasteiger partial charge in [0.05, 0.1) is 6.61 Å². The van der Waals surface area contributed by atoms with E-state index in [1.807, 2.05) is 0 Å². The van der Waals surface area contributed by atoms with Crippen LogP contribution in [0.25, 0.3) is 0 Å². The highest BCUT2D eigenvalue weighted by Gasteiger charge is 2.43. The van der Waals surface area contributed by atoms with E-state index in [2.05, 4.69) is 0 Å². The van der Waals surface area contributed by atoms with Crippen molar-refractivity contribution in [1.29, 1.82) is 0 Å². The lowest BCUT2D eigenvalue weighted by molar-refractivity contribution is -0.167. The van der Waals surface area contributed by atoms with Crippen molar-refractivity contribution in [3.05, 3.63) is 59.4 Å². The van der Waals surface area contributed by atoms with Crippen molar-refractivity contribution in [1.82, 2.24) is 4.57 Å². The lowest BCUT2D eigenvalue weighted by Gasteiger charge is -2.23. The average Bonchev–Trinajstić information content (AvgIpc) is 3.03. The van der Waals surface area contributed by atoms with Crippen molar-refractivity contribution >= 4 is 18.0 Å². The minimum atomic E-state index is -4.81. The number of Topliss-reactive ketones (excluding diaryl/α,β-unsaturated/α-hetero) is 1. The third-order valence-electron chi connectivity index (χ3n) is 3.68. The van der Waals surface area contributed by atoms with E-state index in [9.17, 15) is 27.6 Å². The summed E-state index contributed by atoms with van der Waals surface area (Å²) >= 11 is 0. The molecule has 0 saturated carbocycles. The van der Waals surface area contributed by atoms with Crippen LogP contribution >= 0.6 is 0 Å². The number of benzene rings is 1. The largest absolute Gasteiger partial charge is 0.461 e. The molecule has 0 spiro atoms. The maximum Gasteiger partial charge on any atom is 0.409 e. The number of carbonyl (C=O) groups excluding carboxylic acids is 3. The SMILES string of the molecule is CCOC(=O)c1cc(C=O)cn1C(CC(=O)c1ccccc1)C(F)(F)F. The highest BCUT2D eigenvalue weighted by molar-refractivity contribution is 5.96. The Labute approximate surface area is 147 Å². The zero-order chi connectivity index (χ0) is 19.3. The maximum atomic E-state index is 13.6. The van der Waals surface area contributed by atoms with Crippen molar-refractivity contribution in [3.63, 3.8) is 0 Å². The van der Waals surface area contributed by atoms with Crippen LogP contribution in [0, 0.1) is 0 Å². The first-order valence-corrected chi connectivity index (χ1v) is 7.77. The molecule has 0 N–H and O–H groups in total. The molecule has 138 valence electrons. The average molecular weight is 367 g/mol. The highest BCUT2D eigenvalue weighted by atomic mass is 19.4. The van der Waals surface area contributed by atoms with Crippen molar-refractivity contribution in [3.8, 4) is 0 Å². The number of nitrogens with zero attached hydrogens (tertiary/aromatic N) is 1. The lowest BCUT2D eigenvalue weighted by Crippen LogP contribution is -2.31. The number of esters is 1. The summed E-state index contributed by atoms with van der Waals surface area (Å²) in [6.45, 7) is 1.46. The fraction of sp³-hybridized carbons (Fsp3) is 0.278. The number of carbonyl (C=O) groups is 3. The monoisotopic (exact) mass is 367 g/mol. The summed E-state index contributed by atoms with van der Waals surface area (Å²) in [7, 11) is 0. The van der Waals surface area contributed by atoms with Crippen LogP contribution in [0.15, 0.2) is 42.6 Å². The Balaban J connectivity index is 2.44. The number of aromatic nitrogens is 1. The molecule has 5 nitrogen and oxygen atoms in total. The number of alkyl halides is 3. The first kappa shape index (κ1) is 19.4. The number of aldehydes is 1. The van der Waals surface area contributed by atoms with Crippen molar-refractivity contribution in [2.75, 3.05) is 6.61 Å². The maximum absolute atomic E-state index is 13.6. The van der Waals surface area contributed by atoms with Gasteiger partial charge in [-0.25, -0.2) is 4.79 Å². The van der Waals surface area contributed by atoms with Crippen LogP contribution in [0.1, 0.15) is 50.6 Å². The number of ether oxygens (including phenoxy) is 1. The van der Waals surface area contributed by atoms with Crippen LogP contribution in [-0.4, -0.2) is 35.4 Å². The molecule has 0 aliphatic rings. The van der Waals surface area contributed by atoms with Crippen LogP contribution in [-0.2, 0) is 4.74 Å². The van der Waals surface area contributed by atoms with E-state index in [0.29, 0.717) is 10.9 Å². The summed E-state index contributed by atoms with van der Waals surface area (Å²) < 4.78 is 46.2. The Hall–Kier alpha value is -2.90. The minimum Gasteiger partial charge on any atom is -0.461 e. The Kier molecular flexibility index (Phi) is 5.97. The first-order chi connectivity index (χ1) is 12.3. The molecule has 1 unspecified atom stereocenters. The van der Waals surface area contributed by atoms with E-state index in [0.717, 1.165) is 12.3 Å². The van der Waals surface area contributed by atoms with Gasteiger partial charge >= 0.3 is 12.1 Å². The van der Waals surface area contributed by atoms with Crippen LogP contribution in [0.2, 0.25) is 0 Å². The highest BCUT2D eigenvalue weighted by Crippen LogP contribution is 2.36. The molecule has 0 amide bonds. The molecule has 2 rings (SSSR count). The number of ketones is 1. The summed E-state index contributed by atoms with van der Waals surface area (Å²) in [5.74, 6) is -1.73. The van der Waals surface area contributed by atoms with E-state index in [1.54, 1.807) is 18.2 Å². The number of rotatable bonds is 7. The Bertz CT molecular complexity index is 797. The summed E-state index contributed by atoms with van der Waals surface area (Å²) in [5, 5.41) is 0. The molecule has 1 aromatic heterocycles. The molecule has 0 bridgehead atoms. The third kappa shape index (κ3) is 4.38. The second-order valence-corrected chi connectivity index (χ2v) is 5.46. The quantitative estimate of drug-likeness (QED) is 0.424. The van der Waals surface area contributed by atoms with Crippen LogP contribution in [0.3, 0.4) is 0 Å². The van der Waals surface area contributed by atoms with Crippen molar-refractivity contribution in [2.24, 2.45) is 0 Å². The van der Waals surface area contributed by atoms with Gasteiger partial charge in [0.2, 0.25) is 0 Å². The molecule has 1 heterocycles. The number of hydrogen-bond acceptors (Lipinski definition) is 4. The van der Waals surface area contributed by atoms with Gasteiger partial charge in [-0.2, -0.15) is 13.2 Å². The second kappa shape index (κ2) is 7.99. The van der Waals surface area contributed by atoms with E-state index in [4.69, 9.17) is 4.74 Å². The van der Waals surface area contributed by atoms with Gasteiger partial charge in [0, 0.05) is 23.7 Å². The number of hydrogen-bond donors (Lipinski definition) is 0. The molecule has 1 aromatic carbocycles. The minimum absolute atomic E-state index is 0.0416. The Morgan fingerprint density at radius 1 is 1.23 bits per heavy atom. The molecule has 0 aliphatic heterocycles. The molecule has 1 atom stereocenters. The molecule has 8 heteroatoms. The molecule has 0 aliphatic carbocycles. The predicted octanol–water partition coefficient (Wildman–Crippen LogP) is 3.85. The Morgan fingerprint density at radius 3 is 2.42 bits per heavy atom. The van der Waals surface area contributed by atoms with Gasteiger partial charge < -0.3 is 9.30 Å². The van der Waals surface area contributed by atoms with Crippen LogP contribution in [0.4, 0.5) is 13.2 Å². The van der Waals surface area contributed by atoms with E-state index < -0.39 is 36.1 Å². The molecule has 2 aromatic rings. The van der Waals surface area contributed by atoms with Gasteiger partial charge in [0.15, 0.2) is 12.1 Å². The van der Waals surface area contributed by atoms with Crippen molar-refractivity contribution in [2.45, 2.75) is 25.6 Å². The topological polar surface area (TPSA) is 65.4 Å². The van der Waals surface area contributed by atoms with Crippen molar-refractivity contribution < 1.29 is 32.3 Å². The lowest BCUT2D eigenvalue weighted by atomic mass is 10.0. The zero-order valence-electron chi connectivity index (χ0n) is 13.8. The molecule has 0 fully saturated rings. The summed E-state index contributed by atoms with van der Waals surface area (Å²) in [5.41, 5.74) is -0.422. The van der Waals surface area contributed by atoms with Gasteiger partial charge in [-0.15, -0.1) is 0 Å². The summed E-state index contributed by atoms with van der Waals surface area (Å²) in [6.07, 6.45) is -4.50. The van der Waals surface area contributed by atoms with Gasteiger partial charge in [-0.05, 0) is 13.0 Å². The van der Waals surface area contributed by atoms with Crippen LogP contribution in [0.5, 0.6) is 0 Å². The Morgan fingerprint density at radius 2 is 1.88 bits per heavy atom. The van der Waals surface area contributed by atoms with Gasteiger partial charge in [0.1, 0.15) is 11.7 Å². The second-order valence-electron chi connectivity index (χ2n) is 5.46. The molecule has 0 saturated heterocycles. The standard InChI is InChI=1S/C18H16F3NO4/c1-2-26-17(25)14-8-12(11-23)10-22(14)16(18(19,20)21)9-15(24)13-6-4-3-5-7-13/h3-8,10-11,16H,2,9H2,1H3. The number of halogens is 3. The molecular formula is C18H16F3NO4. The molecule has 0 radical (unpaired) electrons. The summed E-state index contributed by atoms with van der Waals surface area (Å²) in [6, 6.07) is 6.25. The molecular weight excluding hydrogens is 351 g/mol. The van der Waals surface area contributed by atoms with Gasteiger partial charge in [-0.1, -0.05) is 30.3 Å². The van der Waals surface area contributed by atoms with Crippen LogP contribution < -0.4 is 0 Å². The van der Waals surface area contributed by atoms with E-state index in [-0.39, 0.29) is 17.7 Å². The normalized spacial score (nSPS) is 12.5.